The molecule has 8 heteroatoms. The molecule has 0 aliphatic carbocycles. The summed E-state index contributed by atoms with van der Waals surface area (Å²) in [7, 11) is -4.04. The van der Waals surface area contributed by atoms with Crippen LogP contribution in [0.2, 0.25) is 0 Å². The van der Waals surface area contributed by atoms with Crippen LogP contribution in [0.3, 0.4) is 0 Å². The molecule has 0 bridgehead atoms. The lowest BCUT2D eigenvalue weighted by molar-refractivity contribution is 0.0953. The predicted octanol–water partition coefficient (Wildman–Crippen LogP) is 4.85. The second-order valence-corrected chi connectivity index (χ2v) is 9.68. The third kappa shape index (κ3) is 6.32. The van der Waals surface area contributed by atoms with Crippen molar-refractivity contribution < 1.29 is 17.6 Å². The molecule has 0 fully saturated rings. The number of rotatable bonds is 9. The zero-order valence-electron chi connectivity index (χ0n) is 17.0. The first-order valence-corrected chi connectivity index (χ1v) is 12.2. The van der Waals surface area contributed by atoms with Crippen molar-refractivity contribution in [3.8, 4) is 0 Å². The van der Waals surface area contributed by atoms with Crippen LogP contribution in [0, 0.1) is 12.7 Å². The summed E-state index contributed by atoms with van der Waals surface area (Å²) in [6.45, 7) is 2.21. The fraction of sp³-hybridized carbons (Fsp3) is 0.174. The van der Waals surface area contributed by atoms with Gasteiger partial charge in [0.2, 0.25) is 0 Å². The Morgan fingerprint density at radius 2 is 1.71 bits per heavy atom. The van der Waals surface area contributed by atoms with Gasteiger partial charge in [-0.15, -0.1) is 11.8 Å². The Morgan fingerprint density at radius 1 is 1.00 bits per heavy atom. The first kappa shape index (κ1) is 22.8. The largest absolute Gasteiger partial charge is 0.352 e. The van der Waals surface area contributed by atoms with Gasteiger partial charge < -0.3 is 5.32 Å². The molecule has 0 atom stereocenters. The van der Waals surface area contributed by atoms with Gasteiger partial charge in [-0.2, -0.15) is 0 Å². The van der Waals surface area contributed by atoms with Crippen LogP contribution in [-0.4, -0.2) is 26.6 Å². The van der Waals surface area contributed by atoms with Gasteiger partial charge >= 0.3 is 0 Å². The highest BCUT2D eigenvalue weighted by atomic mass is 32.2. The van der Waals surface area contributed by atoms with Crippen LogP contribution in [0.1, 0.15) is 22.3 Å². The number of aryl methyl sites for hydroxylation is 1. The molecule has 0 saturated carbocycles. The number of carbonyl (C=O) groups is 1. The molecule has 0 aliphatic rings. The van der Waals surface area contributed by atoms with Gasteiger partial charge in [-0.25, -0.2) is 12.8 Å². The van der Waals surface area contributed by atoms with E-state index in [4.69, 9.17) is 0 Å². The molecule has 3 aromatic carbocycles. The van der Waals surface area contributed by atoms with Crippen molar-refractivity contribution in [1.29, 1.82) is 0 Å². The molecular weight excluding hydrogens is 435 g/mol. The second kappa shape index (κ2) is 10.5. The number of nitrogens with one attached hydrogen (secondary N) is 2. The van der Waals surface area contributed by atoms with Crippen LogP contribution in [0.5, 0.6) is 0 Å². The monoisotopic (exact) mass is 458 g/mol. The van der Waals surface area contributed by atoms with Crippen molar-refractivity contribution in [3.63, 3.8) is 0 Å². The molecule has 31 heavy (non-hydrogen) atoms. The molecule has 0 aliphatic heterocycles. The van der Waals surface area contributed by atoms with Crippen LogP contribution < -0.4 is 10.0 Å². The average molecular weight is 459 g/mol. The van der Waals surface area contributed by atoms with Crippen LogP contribution >= 0.6 is 11.8 Å². The number of halogens is 1. The smallest absolute Gasteiger partial charge is 0.262 e. The summed E-state index contributed by atoms with van der Waals surface area (Å²) < 4.78 is 41.4. The summed E-state index contributed by atoms with van der Waals surface area (Å²) in [5.74, 6) is -0.167. The average Bonchev–Trinajstić information content (AvgIpc) is 2.76. The van der Waals surface area contributed by atoms with E-state index >= 15 is 0 Å². The summed E-state index contributed by atoms with van der Waals surface area (Å²) >= 11 is 1.71. The van der Waals surface area contributed by atoms with E-state index in [0.29, 0.717) is 12.1 Å². The van der Waals surface area contributed by atoms with E-state index in [-0.39, 0.29) is 22.1 Å². The van der Waals surface area contributed by atoms with E-state index in [9.17, 15) is 17.6 Å². The maximum atomic E-state index is 13.8. The fourth-order valence-corrected chi connectivity index (χ4v) is 4.80. The zero-order chi connectivity index (χ0) is 22.3. The molecule has 0 aromatic heterocycles. The Labute approximate surface area is 186 Å². The molecule has 3 rings (SSSR count). The van der Waals surface area contributed by atoms with E-state index < -0.39 is 15.8 Å². The van der Waals surface area contributed by atoms with E-state index in [1.54, 1.807) is 24.8 Å². The number of sulfonamides is 1. The molecule has 0 heterocycles. The van der Waals surface area contributed by atoms with Gasteiger partial charge in [-0.05, 0) is 61.1 Å². The molecular formula is C23H23FN2O3S2. The van der Waals surface area contributed by atoms with Crippen LogP contribution in [0.25, 0.3) is 0 Å². The number of amides is 1. The van der Waals surface area contributed by atoms with Gasteiger partial charge in [-0.1, -0.05) is 36.4 Å². The normalized spacial score (nSPS) is 11.2. The molecule has 1 amide bonds. The molecule has 0 spiro atoms. The quantitative estimate of drug-likeness (QED) is 0.355. The topological polar surface area (TPSA) is 75.3 Å². The van der Waals surface area contributed by atoms with Gasteiger partial charge in [0, 0.05) is 17.0 Å². The predicted molar refractivity (Wildman–Crippen MR) is 123 cm³/mol. The van der Waals surface area contributed by atoms with E-state index in [1.165, 1.54) is 41.3 Å². The Hall–Kier alpha value is -2.84. The van der Waals surface area contributed by atoms with Gasteiger partial charge in [-0.3, -0.25) is 9.52 Å². The minimum Gasteiger partial charge on any atom is -0.352 e. The maximum absolute atomic E-state index is 13.8. The Balaban J connectivity index is 1.61. The number of hydrogen-bond acceptors (Lipinski definition) is 4. The third-order valence-electron chi connectivity index (χ3n) is 4.50. The molecule has 0 unspecified atom stereocenters. The first-order valence-electron chi connectivity index (χ1n) is 9.71. The van der Waals surface area contributed by atoms with E-state index in [2.05, 4.69) is 10.0 Å². The Bertz CT molecular complexity index is 1150. The van der Waals surface area contributed by atoms with Crippen LogP contribution in [0.15, 0.2) is 82.6 Å². The molecule has 0 saturated heterocycles. The summed E-state index contributed by atoms with van der Waals surface area (Å²) in [5.41, 5.74) is 0.776. The van der Waals surface area contributed by atoms with E-state index in [0.717, 1.165) is 12.2 Å². The summed E-state index contributed by atoms with van der Waals surface area (Å²) in [6, 6.07) is 19.8. The van der Waals surface area contributed by atoms with Crippen LogP contribution in [-0.2, 0) is 10.0 Å². The number of hydrogen-bond donors (Lipinski definition) is 2. The molecule has 2 N–H and O–H groups in total. The lowest BCUT2D eigenvalue weighted by atomic mass is 10.1. The fourth-order valence-electron chi connectivity index (χ4n) is 2.84. The summed E-state index contributed by atoms with van der Waals surface area (Å²) in [5, 5.41) is 2.84. The first-order chi connectivity index (χ1) is 14.9. The van der Waals surface area contributed by atoms with Gasteiger partial charge in [0.25, 0.3) is 15.9 Å². The van der Waals surface area contributed by atoms with Crippen molar-refractivity contribution in [1.82, 2.24) is 5.32 Å². The molecule has 3 aromatic rings. The minimum atomic E-state index is -4.04. The number of carbonyl (C=O) groups excluding carboxylic acids is 1. The van der Waals surface area contributed by atoms with Gasteiger partial charge in [0.15, 0.2) is 0 Å². The van der Waals surface area contributed by atoms with Crippen molar-refractivity contribution in [2.75, 3.05) is 17.0 Å². The molecule has 5 nitrogen and oxygen atoms in total. The molecule has 0 radical (unpaired) electrons. The van der Waals surface area contributed by atoms with Gasteiger partial charge in [0.1, 0.15) is 5.82 Å². The van der Waals surface area contributed by atoms with Crippen molar-refractivity contribution in [3.05, 3.63) is 89.7 Å². The third-order valence-corrected chi connectivity index (χ3v) is 6.96. The number of anilines is 1. The highest BCUT2D eigenvalue weighted by molar-refractivity contribution is 7.99. The second-order valence-electron chi connectivity index (χ2n) is 6.83. The van der Waals surface area contributed by atoms with Crippen molar-refractivity contribution >= 4 is 33.4 Å². The summed E-state index contributed by atoms with van der Waals surface area (Å²) in [4.78, 5) is 13.7. The van der Waals surface area contributed by atoms with Crippen molar-refractivity contribution in [2.45, 2.75) is 23.1 Å². The van der Waals surface area contributed by atoms with E-state index in [1.807, 2.05) is 30.3 Å². The highest BCUT2D eigenvalue weighted by Gasteiger charge is 2.19. The standard InChI is InChI=1S/C23H23FN2O3S2/c1-17-12-13-19(31(28,29)26-22-11-6-5-10-21(22)24)16-20(17)23(27)25-14-7-15-30-18-8-3-2-4-9-18/h2-6,8-13,16,26H,7,14-15H2,1H3,(H,25,27). The zero-order valence-corrected chi connectivity index (χ0v) is 18.6. The lowest BCUT2D eigenvalue weighted by Crippen LogP contribution is -2.26. The lowest BCUT2D eigenvalue weighted by Gasteiger charge is -2.12. The highest BCUT2D eigenvalue weighted by Crippen LogP contribution is 2.21. The number of benzene rings is 3. The van der Waals surface area contributed by atoms with Gasteiger partial charge in [0.05, 0.1) is 10.6 Å². The Kier molecular flexibility index (Phi) is 7.70. The SMILES string of the molecule is Cc1ccc(S(=O)(=O)Nc2ccccc2F)cc1C(=O)NCCCSc1ccccc1. The maximum Gasteiger partial charge on any atom is 0.262 e. The van der Waals surface area contributed by atoms with Crippen LogP contribution in [0.4, 0.5) is 10.1 Å². The Morgan fingerprint density at radius 3 is 2.45 bits per heavy atom. The molecule has 162 valence electrons. The number of thioether (sulfide) groups is 1. The summed E-state index contributed by atoms with van der Waals surface area (Å²) in [6.07, 6.45) is 0.775. The minimum absolute atomic E-state index is 0.105. The number of para-hydroxylation sites is 1. The van der Waals surface area contributed by atoms with Crippen molar-refractivity contribution in [2.24, 2.45) is 0 Å².